The molecule has 1 heterocycles. The minimum atomic E-state index is -1.07. The van der Waals surface area contributed by atoms with Crippen LogP contribution in [-0.4, -0.2) is 40.0 Å². The molecule has 0 bridgehead atoms. The van der Waals surface area contributed by atoms with Gasteiger partial charge in [-0.3, -0.25) is 9.78 Å². The van der Waals surface area contributed by atoms with Crippen LogP contribution in [0.15, 0.2) is 30.5 Å². The third-order valence-corrected chi connectivity index (χ3v) is 2.36. The van der Waals surface area contributed by atoms with E-state index in [0.29, 0.717) is 13.1 Å². The van der Waals surface area contributed by atoms with Crippen molar-refractivity contribution in [2.45, 2.75) is 13.8 Å². The van der Waals surface area contributed by atoms with Crippen LogP contribution in [0.5, 0.6) is 0 Å². The van der Waals surface area contributed by atoms with Gasteiger partial charge in [0.2, 0.25) is 0 Å². The molecule has 96 valence electrons. The smallest absolute Gasteiger partial charge is 0.335 e. The SMILES string of the molecule is C=C(C)CN(CC)C(=O)c1cc(C(=O)O)ccn1. The number of aromatic carboxylic acids is 1. The van der Waals surface area contributed by atoms with Crippen molar-refractivity contribution < 1.29 is 14.7 Å². The molecule has 0 saturated carbocycles. The molecule has 0 aromatic carbocycles. The van der Waals surface area contributed by atoms with E-state index in [9.17, 15) is 9.59 Å². The zero-order valence-corrected chi connectivity index (χ0v) is 10.5. The number of aromatic nitrogens is 1. The molecule has 18 heavy (non-hydrogen) atoms. The minimum absolute atomic E-state index is 0.0553. The van der Waals surface area contributed by atoms with Crippen LogP contribution in [-0.2, 0) is 0 Å². The molecule has 1 aromatic rings. The zero-order valence-electron chi connectivity index (χ0n) is 10.5. The average Bonchev–Trinajstić information content (AvgIpc) is 2.35. The van der Waals surface area contributed by atoms with Gasteiger partial charge in [0.15, 0.2) is 0 Å². The van der Waals surface area contributed by atoms with Crippen LogP contribution < -0.4 is 0 Å². The summed E-state index contributed by atoms with van der Waals surface area (Å²) in [5, 5.41) is 8.87. The molecule has 1 rings (SSSR count). The van der Waals surface area contributed by atoms with E-state index in [-0.39, 0.29) is 17.2 Å². The van der Waals surface area contributed by atoms with E-state index in [1.54, 1.807) is 4.90 Å². The van der Waals surface area contributed by atoms with Gasteiger partial charge in [-0.05, 0) is 26.0 Å². The first-order valence-corrected chi connectivity index (χ1v) is 5.58. The number of pyridine rings is 1. The van der Waals surface area contributed by atoms with Gasteiger partial charge in [0, 0.05) is 19.3 Å². The average molecular weight is 248 g/mol. The number of hydrogen-bond donors (Lipinski definition) is 1. The minimum Gasteiger partial charge on any atom is -0.478 e. The Morgan fingerprint density at radius 3 is 2.67 bits per heavy atom. The summed E-state index contributed by atoms with van der Waals surface area (Å²) in [4.78, 5) is 28.4. The van der Waals surface area contributed by atoms with Crippen LogP contribution in [0, 0.1) is 0 Å². The molecular weight excluding hydrogens is 232 g/mol. The lowest BCUT2D eigenvalue weighted by molar-refractivity contribution is 0.0696. The van der Waals surface area contributed by atoms with Gasteiger partial charge in [0.1, 0.15) is 5.69 Å². The first-order valence-electron chi connectivity index (χ1n) is 5.58. The molecular formula is C13H16N2O3. The highest BCUT2D eigenvalue weighted by Gasteiger charge is 2.16. The van der Waals surface area contributed by atoms with Gasteiger partial charge in [0.25, 0.3) is 5.91 Å². The summed E-state index contributed by atoms with van der Waals surface area (Å²) in [6.45, 7) is 8.39. The Morgan fingerprint density at radius 2 is 2.17 bits per heavy atom. The van der Waals surface area contributed by atoms with Crippen LogP contribution in [0.4, 0.5) is 0 Å². The maximum Gasteiger partial charge on any atom is 0.335 e. The summed E-state index contributed by atoms with van der Waals surface area (Å²) >= 11 is 0. The molecule has 0 fully saturated rings. The Morgan fingerprint density at radius 1 is 1.50 bits per heavy atom. The van der Waals surface area contributed by atoms with Crippen LogP contribution in [0.3, 0.4) is 0 Å². The predicted octanol–water partition coefficient (Wildman–Crippen LogP) is 1.82. The molecule has 0 atom stereocenters. The topological polar surface area (TPSA) is 70.5 Å². The molecule has 0 aliphatic heterocycles. The Bertz CT molecular complexity index is 483. The van der Waals surface area contributed by atoms with Crippen molar-refractivity contribution in [2.24, 2.45) is 0 Å². The van der Waals surface area contributed by atoms with E-state index in [2.05, 4.69) is 11.6 Å². The molecule has 1 aromatic heterocycles. The lowest BCUT2D eigenvalue weighted by atomic mass is 10.2. The maximum atomic E-state index is 12.1. The van der Waals surface area contributed by atoms with Crippen molar-refractivity contribution in [3.63, 3.8) is 0 Å². The van der Waals surface area contributed by atoms with Gasteiger partial charge in [-0.2, -0.15) is 0 Å². The molecule has 0 aliphatic carbocycles. The van der Waals surface area contributed by atoms with Crippen LogP contribution in [0.25, 0.3) is 0 Å². The Kier molecular flexibility index (Phi) is 4.59. The number of hydrogen-bond acceptors (Lipinski definition) is 3. The summed E-state index contributed by atoms with van der Waals surface area (Å²) < 4.78 is 0. The number of carbonyl (C=O) groups excluding carboxylic acids is 1. The van der Waals surface area contributed by atoms with E-state index in [0.717, 1.165) is 5.57 Å². The van der Waals surface area contributed by atoms with Crippen LogP contribution in [0.1, 0.15) is 34.7 Å². The highest BCUT2D eigenvalue weighted by Crippen LogP contribution is 2.07. The molecule has 1 amide bonds. The first-order chi connectivity index (χ1) is 8.45. The highest BCUT2D eigenvalue weighted by molar-refractivity contribution is 5.95. The Hall–Kier alpha value is -2.17. The number of nitrogens with zero attached hydrogens (tertiary/aromatic N) is 2. The Labute approximate surface area is 106 Å². The quantitative estimate of drug-likeness (QED) is 0.807. The summed E-state index contributed by atoms with van der Waals surface area (Å²) in [5.41, 5.74) is 1.05. The molecule has 0 aliphatic rings. The van der Waals surface area contributed by atoms with E-state index in [1.807, 2.05) is 13.8 Å². The fourth-order valence-electron chi connectivity index (χ4n) is 1.50. The van der Waals surface area contributed by atoms with Gasteiger partial charge >= 0.3 is 5.97 Å². The second kappa shape index (κ2) is 5.95. The maximum absolute atomic E-state index is 12.1. The molecule has 5 heteroatoms. The zero-order chi connectivity index (χ0) is 13.7. The number of carbonyl (C=O) groups is 2. The second-order valence-electron chi connectivity index (χ2n) is 4.01. The van der Waals surface area contributed by atoms with Crippen molar-refractivity contribution in [2.75, 3.05) is 13.1 Å². The lowest BCUT2D eigenvalue weighted by Gasteiger charge is -2.20. The number of carboxylic acids is 1. The summed E-state index contributed by atoms with van der Waals surface area (Å²) in [6, 6.07) is 2.64. The van der Waals surface area contributed by atoms with Crippen molar-refractivity contribution in [3.8, 4) is 0 Å². The molecule has 5 nitrogen and oxygen atoms in total. The number of amides is 1. The van der Waals surface area contributed by atoms with E-state index < -0.39 is 5.97 Å². The number of carboxylic acid groups (broad SMARTS) is 1. The van der Waals surface area contributed by atoms with E-state index >= 15 is 0 Å². The number of likely N-dealkylation sites (N-methyl/N-ethyl adjacent to an activating group) is 1. The molecule has 0 spiro atoms. The van der Waals surface area contributed by atoms with Crippen LogP contribution >= 0.6 is 0 Å². The monoisotopic (exact) mass is 248 g/mol. The Balaban J connectivity index is 2.98. The summed E-state index contributed by atoms with van der Waals surface area (Å²) in [6.07, 6.45) is 1.32. The lowest BCUT2D eigenvalue weighted by Crippen LogP contribution is -2.32. The van der Waals surface area contributed by atoms with Crippen molar-refractivity contribution in [1.29, 1.82) is 0 Å². The van der Waals surface area contributed by atoms with Gasteiger partial charge in [-0.1, -0.05) is 12.2 Å². The number of rotatable bonds is 5. The fourth-order valence-corrected chi connectivity index (χ4v) is 1.50. The molecule has 0 radical (unpaired) electrons. The van der Waals surface area contributed by atoms with E-state index in [1.165, 1.54) is 18.3 Å². The summed E-state index contributed by atoms with van der Waals surface area (Å²) in [5.74, 6) is -1.36. The third-order valence-electron chi connectivity index (χ3n) is 2.36. The molecule has 1 N–H and O–H groups in total. The van der Waals surface area contributed by atoms with Gasteiger partial charge in [0.05, 0.1) is 5.56 Å². The van der Waals surface area contributed by atoms with Gasteiger partial charge < -0.3 is 10.0 Å². The third kappa shape index (κ3) is 3.41. The first kappa shape index (κ1) is 13.9. The van der Waals surface area contributed by atoms with Crippen LogP contribution in [0.2, 0.25) is 0 Å². The van der Waals surface area contributed by atoms with Crippen molar-refractivity contribution in [3.05, 3.63) is 41.7 Å². The molecule has 0 unspecified atom stereocenters. The standard InChI is InChI=1S/C13H16N2O3/c1-4-15(8-9(2)3)12(16)11-7-10(13(17)18)5-6-14-11/h5-7H,2,4,8H2,1,3H3,(H,17,18). The molecule has 0 saturated heterocycles. The van der Waals surface area contributed by atoms with Crippen molar-refractivity contribution in [1.82, 2.24) is 9.88 Å². The largest absolute Gasteiger partial charge is 0.478 e. The van der Waals surface area contributed by atoms with Crippen molar-refractivity contribution >= 4 is 11.9 Å². The highest BCUT2D eigenvalue weighted by atomic mass is 16.4. The summed E-state index contributed by atoms with van der Waals surface area (Å²) in [7, 11) is 0. The van der Waals surface area contributed by atoms with E-state index in [4.69, 9.17) is 5.11 Å². The second-order valence-corrected chi connectivity index (χ2v) is 4.01. The predicted molar refractivity (Wildman–Crippen MR) is 67.6 cm³/mol. The van der Waals surface area contributed by atoms with Gasteiger partial charge in [-0.15, -0.1) is 0 Å². The fraction of sp³-hybridized carbons (Fsp3) is 0.308. The normalized spacial score (nSPS) is 9.89. The van der Waals surface area contributed by atoms with Gasteiger partial charge in [-0.25, -0.2) is 4.79 Å².